The molecule has 1 aromatic heterocycles. The highest BCUT2D eigenvalue weighted by Gasteiger charge is 2.35. The number of benzene rings is 2. The summed E-state index contributed by atoms with van der Waals surface area (Å²) in [5.74, 6) is -1.86. The van der Waals surface area contributed by atoms with E-state index in [-0.39, 0.29) is 27.7 Å². The molecule has 1 saturated heterocycles. The summed E-state index contributed by atoms with van der Waals surface area (Å²) in [6, 6.07) is 13.9. The van der Waals surface area contributed by atoms with Gasteiger partial charge in [-0.3, -0.25) is 19.8 Å². The summed E-state index contributed by atoms with van der Waals surface area (Å²) in [7, 11) is 0. The molecule has 0 bridgehead atoms. The number of halogens is 2. The fourth-order valence-corrected chi connectivity index (χ4v) is 3.63. The molecule has 2 aromatic carbocycles. The largest absolute Gasteiger partial charge is 0.478 e. The van der Waals surface area contributed by atoms with Crippen LogP contribution in [0.5, 0.6) is 0 Å². The van der Waals surface area contributed by atoms with Crippen molar-refractivity contribution < 1.29 is 23.9 Å². The first-order valence-corrected chi connectivity index (χ1v) is 10.2. The summed E-state index contributed by atoms with van der Waals surface area (Å²) in [6.07, 6.45) is 1.29. The Labute approximate surface area is 196 Å². The van der Waals surface area contributed by atoms with Crippen LogP contribution in [-0.4, -0.2) is 28.0 Å². The number of hydrogen-bond donors (Lipinski definition) is 2. The molecule has 1 aliphatic rings. The van der Waals surface area contributed by atoms with Crippen LogP contribution in [0.2, 0.25) is 10.0 Å². The quantitative estimate of drug-likeness (QED) is 0.312. The smallest absolute Gasteiger partial charge is 0.335 e. The van der Waals surface area contributed by atoms with Gasteiger partial charge in [0.2, 0.25) is 0 Å². The summed E-state index contributed by atoms with van der Waals surface area (Å²) in [6.45, 7) is 0. The van der Waals surface area contributed by atoms with E-state index in [9.17, 15) is 19.5 Å². The van der Waals surface area contributed by atoms with Crippen LogP contribution >= 0.6 is 35.4 Å². The fraction of sp³-hybridized carbons (Fsp3) is 0. The van der Waals surface area contributed by atoms with Gasteiger partial charge < -0.3 is 9.52 Å². The van der Waals surface area contributed by atoms with E-state index in [0.717, 1.165) is 4.90 Å². The van der Waals surface area contributed by atoms with Crippen molar-refractivity contribution in [2.45, 2.75) is 0 Å². The van der Waals surface area contributed by atoms with Gasteiger partial charge in [0.15, 0.2) is 5.11 Å². The first-order valence-electron chi connectivity index (χ1n) is 9.04. The van der Waals surface area contributed by atoms with Crippen molar-refractivity contribution in [1.82, 2.24) is 5.32 Å². The number of carboxylic acid groups (broad SMARTS) is 1. The van der Waals surface area contributed by atoms with Crippen molar-refractivity contribution in [3.05, 3.63) is 81.5 Å². The topological polar surface area (TPSA) is 99.9 Å². The Hall–Kier alpha value is -3.46. The number of carboxylic acids is 1. The SMILES string of the molecule is O=C1NC(=S)N(c2cccc(C(=O)O)c2)C(=O)C1=Cc1ccc(-c2ccc(Cl)c(Cl)c2)o1. The van der Waals surface area contributed by atoms with E-state index in [4.69, 9.17) is 39.8 Å². The van der Waals surface area contributed by atoms with Gasteiger partial charge in [0, 0.05) is 5.56 Å². The normalized spacial score (nSPS) is 15.2. The second kappa shape index (κ2) is 8.58. The number of rotatable bonds is 4. The zero-order valence-electron chi connectivity index (χ0n) is 16.0. The van der Waals surface area contributed by atoms with E-state index in [0.29, 0.717) is 21.4 Å². The molecule has 2 N–H and O–H groups in total. The maximum absolute atomic E-state index is 13.1. The number of nitrogens with zero attached hydrogens (tertiary/aromatic N) is 1. The van der Waals surface area contributed by atoms with E-state index in [1.165, 1.54) is 30.3 Å². The second-order valence-electron chi connectivity index (χ2n) is 6.64. The van der Waals surface area contributed by atoms with Crippen LogP contribution in [0.15, 0.2) is 64.6 Å². The molecule has 0 spiro atoms. The number of hydrogen-bond acceptors (Lipinski definition) is 5. The minimum absolute atomic E-state index is 0.0298. The van der Waals surface area contributed by atoms with Gasteiger partial charge in [-0.1, -0.05) is 29.3 Å². The maximum Gasteiger partial charge on any atom is 0.335 e. The summed E-state index contributed by atoms with van der Waals surface area (Å²) in [5.41, 5.74) is 0.616. The fourth-order valence-electron chi connectivity index (χ4n) is 3.05. The molecule has 1 aliphatic heterocycles. The molecule has 4 rings (SSSR count). The average Bonchev–Trinajstić information content (AvgIpc) is 3.22. The molecule has 0 radical (unpaired) electrons. The lowest BCUT2D eigenvalue weighted by Gasteiger charge is -2.28. The van der Waals surface area contributed by atoms with E-state index in [1.807, 2.05) is 0 Å². The standard InChI is InChI=1S/C22H12Cl2N2O5S/c23-16-6-4-11(9-17(16)24)18-7-5-14(31-18)10-15-19(27)25-22(32)26(20(15)28)13-3-1-2-12(8-13)21(29)30/h1-10H,(H,29,30)(H,25,27,32). The van der Waals surface area contributed by atoms with Crippen LogP contribution in [0.3, 0.4) is 0 Å². The molecule has 0 saturated carbocycles. The molecule has 2 amide bonds. The number of thiocarbonyl (C=S) groups is 1. The third kappa shape index (κ3) is 4.16. The van der Waals surface area contributed by atoms with Gasteiger partial charge in [-0.25, -0.2) is 4.79 Å². The van der Waals surface area contributed by atoms with E-state index < -0.39 is 17.8 Å². The van der Waals surface area contributed by atoms with Crippen LogP contribution < -0.4 is 10.2 Å². The zero-order valence-corrected chi connectivity index (χ0v) is 18.3. The Balaban J connectivity index is 1.68. The summed E-state index contributed by atoms with van der Waals surface area (Å²) in [5, 5.41) is 12.2. The van der Waals surface area contributed by atoms with Crippen molar-refractivity contribution in [2.75, 3.05) is 4.90 Å². The molecule has 10 heteroatoms. The molecule has 7 nitrogen and oxygen atoms in total. The summed E-state index contributed by atoms with van der Waals surface area (Å²) >= 11 is 17.1. The van der Waals surface area contributed by atoms with Crippen molar-refractivity contribution >= 4 is 70.1 Å². The Morgan fingerprint density at radius 2 is 1.84 bits per heavy atom. The minimum atomic E-state index is -1.16. The lowest BCUT2D eigenvalue weighted by Crippen LogP contribution is -2.54. The number of anilines is 1. The molecular formula is C22H12Cl2N2O5S. The molecule has 3 aromatic rings. The number of amides is 2. The Morgan fingerprint density at radius 1 is 1.06 bits per heavy atom. The van der Waals surface area contributed by atoms with Crippen molar-refractivity contribution in [1.29, 1.82) is 0 Å². The van der Waals surface area contributed by atoms with Crippen molar-refractivity contribution in [3.8, 4) is 11.3 Å². The number of aromatic carboxylic acids is 1. The highest BCUT2D eigenvalue weighted by atomic mass is 35.5. The van der Waals surface area contributed by atoms with Crippen LogP contribution in [0.1, 0.15) is 16.1 Å². The molecule has 2 heterocycles. The van der Waals surface area contributed by atoms with Crippen molar-refractivity contribution in [3.63, 3.8) is 0 Å². The lowest BCUT2D eigenvalue weighted by atomic mass is 10.1. The minimum Gasteiger partial charge on any atom is -0.478 e. The third-order valence-corrected chi connectivity index (χ3v) is 5.59. The summed E-state index contributed by atoms with van der Waals surface area (Å²) < 4.78 is 5.74. The molecule has 0 aliphatic carbocycles. The Kier molecular flexibility index (Phi) is 5.84. The van der Waals surface area contributed by atoms with Gasteiger partial charge >= 0.3 is 5.97 Å². The van der Waals surface area contributed by atoms with Crippen LogP contribution in [0.4, 0.5) is 5.69 Å². The predicted octanol–water partition coefficient (Wildman–Crippen LogP) is 4.78. The van der Waals surface area contributed by atoms with E-state index >= 15 is 0 Å². The van der Waals surface area contributed by atoms with Gasteiger partial charge in [-0.05, 0) is 66.8 Å². The van der Waals surface area contributed by atoms with Gasteiger partial charge in [-0.2, -0.15) is 0 Å². The van der Waals surface area contributed by atoms with E-state index in [2.05, 4.69) is 5.32 Å². The average molecular weight is 487 g/mol. The molecule has 0 atom stereocenters. The second-order valence-corrected chi connectivity index (χ2v) is 7.85. The highest BCUT2D eigenvalue weighted by molar-refractivity contribution is 7.80. The number of carbonyl (C=O) groups excluding carboxylic acids is 2. The monoisotopic (exact) mass is 486 g/mol. The number of furan rings is 1. The number of carbonyl (C=O) groups is 3. The Morgan fingerprint density at radius 3 is 2.56 bits per heavy atom. The first-order chi connectivity index (χ1) is 15.2. The van der Waals surface area contributed by atoms with Gasteiger partial charge in [0.05, 0.1) is 21.3 Å². The van der Waals surface area contributed by atoms with Crippen LogP contribution in [-0.2, 0) is 9.59 Å². The zero-order chi connectivity index (χ0) is 23.0. The van der Waals surface area contributed by atoms with Crippen LogP contribution in [0.25, 0.3) is 17.4 Å². The highest BCUT2D eigenvalue weighted by Crippen LogP contribution is 2.30. The molecule has 32 heavy (non-hydrogen) atoms. The molecule has 0 unspecified atom stereocenters. The lowest BCUT2D eigenvalue weighted by molar-refractivity contribution is -0.122. The van der Waals surface area contributed by atoms with Gasteiger partial charge in [-0.15, -0.1) is 0 Å². The van der Waals surface area contributed by atoms with Gasteiger partial charge in [0.25, 0.3) is 11.8 Å². The van der Waals surface area contributed by atoms with E-state index in [1.54, 1.807) is 30.3 Å². The van der Waals surface area contributed by atoms with Gasteiger partial charge in [0.1, 0.15) is 17.1 Å². The maximum atomic E-state index is 13.1. The summed E-state index contributed by atoms with van der Waals surface area (Å²) in [4.78, 5) is 37.9. The first kappa shape index (κ1) is 21.8. The predicted molar refractivity (Wildman–Crippen MR) is 124 cm³/mol. The van der Waals surface area contributed by atoms with Crippen LogP contribution in [0, 0.1) is 0 Å². The molecule has 160 valence electrons. The number of nitrogens with one attached hydrogen (secondary N) is 1. The Bertz CT molecular complexity index is 1330. The molecular weight excluding hydrogens is 475 g/mol. The third-order valence-electron chi connectivity index (χ3n) is 4.57. The molecule has 1 fully saturated rings. The van der Waals surface area contributed by atoms with Crippen molar-refractivity contribution in [2.24, 2.45) is 0 Å².